The van der Waals surface area contributed by atoms with Gasteiger partial charge in [-0.05, 0) is 18.6 Å². The van der Waals surface area contributed by atoms with Gasteiger partial charge in [-0.15, -0.1) is 0 Å². The molecule has 0 N–H and O–H groups in total. The molecule has 0 radical (unpaired) electrons. The van der Waals surface area contributed by atoms with Crippen LogP contribution in [-0.4, -0.2) is 15.0 Å². The van der Waals surface area contributed by atoms with Crippen molar-refractivity contribution in [3.05, 3.63) is 29.3 Å². The van der Waals surface area contributed by atoms with Crippen LogP contribution in [0.4, 0.5) is 0 Å². The molecule has 0 aromatic heterocycles. The summed E-state index contributed by atoms with van der Waals surface area (Å²) in [6.45, 7) is 2.36. The van der Waals surface area contributed by atoms with Gasteiger partial charge in [0.1, 0.15) is 4.90 Å². The molecule has 3 nitrogen and oxygen atoms in total. The van der Waals surface area contributed by atoms with Gasteiger partial charge in [-0.1, -0.05) is 56.3 Å². The average molecular weight is 291 g/mol. The van der Waals surface area contributed by atoms with Crippen molar-refractivity contribution >= 4 is 21.7 Å². The highest BCUT2D eigenvalue weighted by Crippen LogP contribution is 2.22. The van der Waals surface area contributed by atoms with Gasteiger partial charge in [-0.2, -0.15) is 8.42 Å². The molecule has 0 bridgehead atoms. The number of benzene rings is 1. The Morgan fingerprint density at radius 3 is 2.44 bits per heavy atom. The number of rotatable bonds is 8. The molecule has 0 amide bonds. The van der Waals surface area contributed by atoms with Crippen LogP contribution in [0.15, 0.2) is 29.2 Å². The van der Waals surface area contributed by atoms with E-state index in [0.29, 0.717) is 0 Å². The fourth-order valence-corrected chi connectivity index (χ4v) is 3.02. The summed E-state index contributed by atoms with van der Waals surface area (Å²) in [7, 11) is -3.72. The predicted octanol–water partition coefficient (Wildman–Crippen LogP) is 4.02. The van der Waals surface area contributed by atoms with Gasteiger partial charge in [0, 0.05) is 0 Å². The molecule has 1 aromatic rings. The molecule has 5 heteroatoms. The SMILES string of the molecule is CCCCCCCOS(=O)(=O)c1ccccc1Cl. The highest BCUT2D eigenvalue weighted by molar-refractivity contribution is 7.86. The fraction of sp³-hybridized carbons (Fsp3) is 0.538. The highest BCUT2D eigenvalue weighted by atomic mass is 35.5. The Hall–Kier alpha value is -0.580. The minimum atomic E-state index is -3.72. The summed E-state index contributed by atoms with van der Waals surface area (Å²) in [6.07, 6.45) is 5.21. The van der Waals surface area contributed by atoms with Gasteiger partial charge in [0.2, 0.25) is 0 Å². The van der Waals surface area contributed by atoms with Crippen molar-refractivity contribution in [3.63, 3.8) is 0 Å². The summed E-state index contributed by atoms with van der Waals surface area (Å²) in [5.74, 6) is 0. The van der Waals surface area contributed by atoms with Crippen molar-refractivity contribution in [1.82, 2.24) is 0 Å². The second-order valence-electron chi connectivity index (χ2n) is 4.12. The van der Waals surface area contributed by atoms with Crippen molar-refractivity contribution in [1.29, 1.82) is 0 Å². The molecule has 0 atom stereocenters. The van der Waals surface area contributed by atoms with Crippen LogP contribution in [-0.2, 0) is 14.3 Å². The summed E-state index contributed by atoms with van der Waals surface area (Å²) in [6, 6.07) is 6.31. The van der Waals surface area contributed by atoms with Crippen molar-refractivity contribution in [2.24, 2.45) is 0 Å². The van der Waals surface area contributed by atoms with Crippen molar-refractivity contribution in [2.45, 2.75) is 43.9 Å². The Labute approximate surface area is 114 Å². The standard InChI is InChI=1S/C13H19ClO3S/c1-2-3-4-5-8-11-17-18(15,16)13-10-7-6-9-12(13)14/h6-7,9-10H,2-5,8,11H2,1H3. The van der Waals surface area contributed by atoms with E-state index in [0.717, 1.165) is 19.3 Å². The van der Waals surface area contributed by atoms with Gasteiger partial charge < -0.3 is 0 Å². The molecule has 1 aromatic carbocycles. The van der Waals surface area contributed by atoms with E-state index in [4.69, 9.17) is 15.8 Å². The first-order chi connectivity index (χ1) is 8.58. The van der Waals surface area contributed by atoms with Crippen LogP contribution in [0.25, 0.3) is 0 Å². The molecule has 0 heterocycles. The number of hydrogen-bond acceptors (Lipinski definition) is 3. The van der Waals surface area contributed by atoms with Gasteiger partial charge in [0.05, 0.1) is 11.6 Å². The molecule has 0 aliphatic rings. The minimum Gasteiger partial charge on any atom is -0.266 e. The second-order valence-corrected chi connectivity index (χ2v) is 6.11. The molecule has 18 heavy (non-hydrogen) atoms. The zero-order chi connectivity index (χ0) is 13.4. The van der Waals surface area contributed by atoms with Crippen LogP contribution < -0.4 is 0 Å². The van der Waals surface area contributed by atoms with Crippen molar-refractivity contribution < 1.29 is 12.6 Å². The maximum Gasteiger partial charge on any atom is 0.298 e. The van der Waals surface area contributed by atoms with Gasteiger partial charge in [0.25, 0.3) is 10.1 Å². The van der Waals surface area contributed by atoms with E-state index in [9.17, 15) is 8.42 Å². The Morgan fingerprint density at radius 2 is 1.78 bits per heavy atom. The number of halogens is 1. The lowest BCUT2D eigenvalue weighted by atomic mass is 10.2. The normalized spacial score (nSPS) is 11.7. The topological polar surface area (TPSA) is 43.4 Å². The zero-order valence-electron chi connectivity index (χ0n) is 10.6. The quantitative estimate of drug-likeness (QED) is 0.536. The van der Waals surface area contributed by atoms with E-state index in [2.05, 4.69) is 6.92 Å². The third-order valence-electron chi connectivity index (χ3n) is 2.59. The zero-order valence-corrected chi connectivity index (χ0v) is 12.1. The molecule has 0 aliphatic carbocycles. The first kappa shape index (κ1) is 15.5. The number of hydrogen-bond donors (Lipinski definition) is 0. The van der Waals surface area contributed by atoms with Crippen LogP contribution in [0.3, 0.4) is 0 Å². The molecule has 0 unspecified atom stereocenters. The van der Waals surface area contributed by atoms with Crippen molar-refractivity contribution in [3.8, 4) is 0 Å². The lowest BCUT2D eigenvalue weighted by molar-refractivity contribution is 0.306. The molecule has 102 valence electrons. The van der Waals surface area contributed by atoms with E-state index in [1.807, 2.05) is 0 Å². The predicted molar refractivity (Wildman–Crippen MR) is 73.3 cm³/mol. The number of unbranched alkanes of at least 4 members (excludes halogenated alkanes) is 4. The molecule has 0 spiro atoms. The first-order valence-electron chi connectivity index (χ1n) is 6.22. The van der Waals surface area contributed by atoms with E-state index < -0.39 is 10.1 Å². The third-order valence-corrected chi connectivity index (χ3v) is 4.41. The summed E-state index contributed by atoms with van der Waals surface area (Å²) in [4.78, 5) is 0.0419. The van der Waals surface area contributed by atoms with Gasteiger partial charge in [-0.3, -0.25) is 4.18 Å². The van der Waals surface area contributed by atoms with E-state index in [1.165, 1.54) is 18.9 Å². The van der Waals surface area contributed by atoms with E-state index >= 15 is 0 Å². The molecule has 1 rings (SSSR count). The highest BCUT2D eigenvalue weighted by Gasteiger charge is 2.17. The van der Waals surface area contributed by atoms with Crippen LogP contribution in [0.5, 0.6) is 0 Å². The van der Waals surface area contributed by atoms with E-state index in [1.54, 1.807) is 18.2 Å². The monoisotopic (exact) mass is 290 g/mol. The summed E-state index contributed by atoms with van der Waals surface area (Å²) < 4.78 is 28.6. The lowest BCUT2D eigenvalue weighted by Gasteiger charge is -2.06. The summed E-state index contributed by atoms with van der Waals surface area (Å²) >= 11 is 5.83. The van der Waals surface area contributed by atoms with Crippen molar-refractivity contribution in [2.75, 3.05) is 6.61 Å². The fourth-order valence-electron chi connectivity index (χ4n) is 1.59. The Kier molecular flexibility index (Phi) is 6.68. The van der Waals surface area contributed by atoms with Crippen LogP contribution in [0, 0.1) is 0 Å². The Morgan fingerprint density at radius 1 is 1.11 bits per heavy atom. The smallest absolute Gasteiger partial charge is 0.266 e. The maximum absolute atomic E-state index is 11.8. The Bertz CT molecular complexity index is 457. The van der Waals surface area contributed by atoms with Crippen LogP contribution in [0.2, 0.25) is 5.02 Å². The third kappa shape index (κ3) is 4.96. The van der Waals surface area contributed by atoms with Gasteiger partial charge in [0.15, 0.2) is 0 Å². The Balaban J connectivity index is 2.44. The molecule has 0 saturated heterocycles. The first-order valence-corrected chi connectivity index (χ1v) is 8.00. The summed E-state index contributed by atoms with van der Waals surface area (Å²) in [5, 5.41) is 0.198. The molecule has 0 aliphatic heterocycles. The molecular weight excluding hydrogens is 272 g/mol. The largest absolute Gasteiger partial charge is 0.298 e. The molecule has 0 fully saturated rings. The average Bonchev–Trinajstić information content (AvgIpc) is 2.34. The second kappa shape index (κ2) is 7.77. The maximum atomic E-state index is 11.8. The van der Waals surface area contributed by atoms with Gasteiger partial charge >= 0.3 is 0 Å². The summed E-state index contributed by atoms with van der Waals surface area (Å²) in [5.41, 5.74) is 0. The van der Waals surface area contributed by atoms with Crippen LogP contribution >= 0.6 is 11.6 Å². The van der Waals surface area contributed by atoms with E-state index in [-0.39, 0.29) is 16.5 Å². The molecular formula is C13H19ClO3S. The van der Waals surface area contributed by atoms with Crippen LogP contribution in [0.1, 0.15) is 39.0 Å². The molecule has 0 saturated carbocycles. The van der Waals surface area contributed by atoms with Gasteiger partial charge in [-0.25, -0.2) is 0 Å². The lowest BCUT2D eigenvalue weighted by Crippen LogP contribution is -2.08. The minimum absolute atomic E-state index is 0.0419.